The van der Waals surface area contributed by atoms with Gasteiger partial charge in [-0.05, 0) is 35.4 Å². The zero-order valence-corrected chi connectivity index (χ0v) is 39.6. The van der Waals surface area contributed by atoms with E-state index in [0.29, 0.717) is 11.3 Å². The molecule has 1 radical (unpaired) electrons. The maximum absolute atomic E-state index is 6.62. The van der Waals surface area contributed by atoms with Crippen LogP contribution in [0.25, 0.3) is 94.9 Å². The fraction of sp³-hybridized carbons (Fsp3) is 0.0536. The molecular formula is C56H42GeIrN4O-2. The van der Waals surface area contributed by atoms with E-state index in [0.717, 1.165) is 83.6 Å². The molecule has 11 aromatic rings. The summed E-state index contributed by atoms with van der Waals surface area (Å²) in [6.07, 6.45) is 2.04. The largest absolute Gasteiger partial charge is 0.486 e. The summed E-state index contributed by atoms with van der Waals surface area (Å²) in [5.41, 5.74) is 13.5. The van der Waals surface area contributed by atoms with Gasteiger partial charge in [0.25, 0.3) is 0 Å². The van der Waals surface area contributed by atoms with Crippen LogP contribution in [0.5, 0.6) is 0 Å². The molecule has 0 spiro atoms. The molecule has 0 aliphatic rings. The van der Waals surface area contributed by atoms with Crippen molar-refractivity contribution in [2.24, 2.45) is 0 Å². The summed E-state index contributed by atoms with van der Waals surface area (Å²) in [4.78, 5) is 14.7. The number of nitrogens with zero attached hydrogens (tertiary/aromatic N) is 4. The van der Waals surface area contributed by atoms with E-state index in [2.05, 4.69) is 178 Å². The van der Waals surface area contributed by atoms with Crippen molar-refractivity contribution in [1.29, 1.82) is 0 Å². The summed E-state index contributed by atoms with van der Waals surface area (Å²) < 4.78 is 10.3. The molecule has 4 aromatic heterocycles. The van der Waals surface area contributed by atoms with E-state index in [9.17, 15) is 0 Å². The van der Waals surface area contributed by atoms with Crippen LogP contribution in [0.4, 0.5) is 0 Å². The molecule has 307 valence electrons. The van der Waals surface area contributed by atoms with Crippen molar-refractivity contribution in [3.05, 3.63) is 212 Å². The number of hydrogen-bond acceptors (Lipinski definition) is 4. The van der Waals surface area contributed by atoms with Gasteiger partial charge in [-0.25, -0.2) is 4.98 Å². The normalized spacial score (nSPS) is 11.3. The first-order valence-corrected chi connectivity index (χ1v) is 28.2. The Kier molecular flexibility index (Phi) is 11.9. The van der Waals surface area contributed by atoms with Gasteiger partial charge in [-0.1, -0.05) is 132 Å². The first-order valence-electron chi connectivity index (χ1n) is 20.9. The molecule has 63 heavy (non-hydrogen) atoms. The smallest absolute Gasteiger partial charge is 0.216 e. The van der Waals surface area contributed by atoms with Crippen LogP contribution in [0.1, 0.15) is 0 Å². The minimum atomic E-state index is -1.72. The van der Waals surface area contributed by atoms with Crippen molar-refractivity contribution in [1.82, 2.24) is 19.5 Å². The number of para-hydroxylation sites is 3. The second-order valence-corrected chi connectivity index (χ2v) is 26.9. The molecule has 0 amide bonds. The van der Waals surface area contributed by atoms with Crippen LogP contribution in [0, 0.1) is 12.1 Å². The molecule has 0 fully saturated rings. The second kappa shape index (κ2) is 18.0. The maximum atomic E-state index is 6.62. The van der Waals surface area contributed by atoms with Crippen molar-refractivity contribution in [3.8, 4) is 61.8 Å². The molecular weight excluding hydrogens is 1010 g/mol. The standard InChI is InChI=1S/C42H26N3O.C14H16GeN.Ir/c1-4-14-28(15-5-1)31-20-12-21-32(29-16-6-2-7-17-29)39(31)45-38-25-11-10-24-37(38)43-41(45)35-23-13-22-33-34-26-27-36(30-18-8-3-9-19-30)44-42(34)46-40(33)35;1-15(2,3)13-9-10-14(16-11-13)12-7-5-4-6-8-12;/h1-22,24-27H;4-7,9-11H,1-3H3;/q2*-1;. The molecule has 0 unspecified atom stereocenters. The summed E-state index contributed by atoms with van der Waals surface area (Å²) in [5, 5.41) is 1.94. The van der Waals surface area contributed by atoms with Crippen LogP contribution in [0.15, 0.2) is 205 Å². The molecule has 0 N–H and O–H groups in total. The zero-order valence-electron chi connectivity index (χ0n) is 35.1. The third-order valence-electron chi connectivity index (χ3n) is 11.2. The summed E-state index contributed by atoms with van der Waals surface area (Å²) in [6.45, 7) is 0. The minimum Gasteiger partial charge on any atom is -0.486 e. The number of aromatic nitrogens is 4. The van der Waals surface area contributed by atoms with Crippen LogP contribution >= 0.6 is 0 Å². The van der Waals surface area contributed by atoms with Crippen LogP contribution in [0.2, 0.25) is 17.3 Å². The summed E-state index contributed by atoms with van der Waals surface area (Å²) in [5.74, 6) is 7.90. The maximum Gasteiger partial charge on any atom is 0.216 e. The fourth-order valence-electron chi connectivity index (χ4n) is 8.01. The summed E-state index contributed by atoms with van der Waals surface area (Å²) in [7, 11) is 0. The number of imidazole rings is 1. The van der Waals surface area contributed by atoms with Crippen molar-refractivity contribution in [2.45, 2.75) is 17.3 Å². The van der Waals surface area contributed by atoms with Crippen molar-refractivity contribution in [3.63, 3.8) is 0 Å². The van der Waals surface area contributed by atoms with Crippen LogP contribution < -0.4 is 4.40 Å². The van der Waals surface area contributed by atoms with Crippen molar-refractivity contribution < 1.29 is 24.5 Å². The fourth-order valence-corrected chi connectivity index (χ4v) is 10.2. The molecule has 0 atom stereocenters. The molecule has 0 saturated heterocycles. The summed E-state index contributed by atoms with van der Waals surface area (Å²) >= 11 is -1.72. The van der Waals surface area contributed by atoms with Gasteiger partial charge in [-0.15, -0.1) is 18.2 Å². The van der Waals surface area contributed by atoms with Gasteiger partial charge in [-0.3, -0.25) is 4.98 Å². The van der Waals surface area contributed by atoms with E-state index >= 15 is 0 Å². The Balaban J connectivity index is 0.000000251. The second-order valence-electron chi connectivity index (χ2n) is 16.3. The SMILES string of the molecule is [CH3][Ge]([CH3])([CH3])[c]1ccc(-c2[c-]cccc2)nc1.[Ir].[c-]1ccc2c(oc3nc(-c4ccccc4)ccc32)c1-c1nc2ccccc2n1-c1c(-c2ccccc2)cccc1-c1ccccc1. The minimum absolute atomic E-state index is 0. The van der Waals surface area contributed by atoms with Gasteiger partial charge in [0, 0.05) is 42.2 Å². The van der Waals surface area contributed by atoms with Gasteiger partial charge in [0.05, 0.1) is 33.8 Å². The third kappa shape index (κ3) is 8.33. The van der Waals surface area contributed by atoms with E-state index in [1.165, 1.54) is 4.40 Å². The third-order valence-corrected chi connectivity index (χ3v) is 15.5. The molecule has 0 aliphatic carbocycles. The topological polar surface area (TPSA) is 56.7 Å². The van der Waals surface area contributed by atoms with E-state index in [1.807, 2.05) is 60.8 Å². The van der Waals surface area contributed by atoms with E-state index in [1.54, 1.807) is 0 Å². The predicted octanol–water partition coefficient (Wildman–Crippen LogP) is 13.9. The van der Waals surface area contributed by atoms with E-state index < -0.39 is 13.3 Å². The van der Waals surface area contributed by atoms with Crippen LogP contribution in [-0.4, -0.2) is 32.8 Å². The molecule has 0 bridgehead atoms. The number of furan rings is 1. The first kappa shape index (κ1) is 41.6. The van der Waals surface area contributed by atoms with Gasteiger partial charge in [0.1, 0.15) is 0 Å². The first-order chi connectivity index (χ1) is 30.4. The zero-order chi connectivity index (χ0) is 42.0. The Morgan fingerprint density at radius 2 is 1.16 bits per heavy atom. The monoisotopic (exact) mass is 1050 g/mol. The molecule has 0 saturated carbocycles. The average molecular weight is 1050 g/mol. The Hall–Kier alpha value is -6.70. The molecule has 0 aliphatic heterocycles. The number of rotatable bonds is 7. The molecule has 7 heteroatoms. The van der Waals surface area contributed by atoms with Crippen LogP contribution in [0.3, 0.4) is 0 Å². The number of fused-ring (bicyclic) bond motifs is 4. The average Bonchev–Trinajstić information content (AvgIpc) is 3.91. The summed E-state index contributed by atoms with van der Waals surface area (Å²) in [6, 6.07) is 73.3. The van der Waals surface area contributed by atoms with Gasteiger partial charge in [-0.2, -0.15) is 0 Å². The molecule has 5 nitrogen and oxygen atoms in total. The quantitative estimate of drug-likeness (QED) is 0.118. The van der Waals surface area contributed by atoms with E-state index in [-0.39, 0.29) is 20.1 Å². The number of hydrogen-bond donors (Lipinski definition) is 0. The Morgan fingerprint density at radius 1 is 0.524 bits per heavy atom. The van der Waals surface area contributed by atoms with Crippen molar-refractivity contribution in [2.75, 3.05) is 0 Å². The Bertz CT molecular complexity index is 3250. The predicted molar refractivity (Wildman–Crippen MR) is 258 cm³/mol. The molecule has 11 rings (SSSR count). The number of pyridine rings is 2. The van der Waals surface area contributed by atoms with Gasteiger partial charge in [0.15, 0.2) is 0 Å². The Labute approximate surface area is 383 Å². The van der Waals surface area contributed by atoms with Gasteiger partial charge >= 0.3 is 99.8 Å². The van der Waals surface area contributed by atoms with Gasteiger partial charge in [0.2, 0.25) is 5.71 Å². The number of benzene rings is 7. The molecule has 7 aromatic carbocycles. The Morgan fingerprint density at radius 3 is 1.79 bits per heavy atom. The van der Waals surface area contributed by atoms with E-state index in [4.69, 9.17) is 14.4 Å². The van der Waals surface area contributed by atoms with Gasteiger partial charge < -0.3 is 8.98 Å². The van der Waals surface area contributed by atoms with Crippen molar-refractivity contribution >= 4 is 50.8 Å². The molecule has 4 heterocycles. The van der Waals surface area contributed by atoms with Crippen LogP contribution in [-0.2, 0) is 20.1 Å².